The Morgan fingerprint density at radius 3 is 2.43 bits per heavy atom. The molecule has 120 valence electrons. The van der Waals surface area contributed by atoms with Crippen molar-refractivity contribution >= 4 is 21.7 Å². The quantitative estimate of drug-likeness (QED) is 0.938. The molecule has 0 aromatic heterocycles. The summed E-state index contributed by atoms with van der Waals surface area (Å²) in [6.07, 6.45) is 0. The number of carboxylic acid groups (broad SMARTS) is 1. The third-order valence-corrected chi connectivity index (χ3v) is 5.86. The summed E-state index contributed by atoms with van der Waals surface area (Å²) in [4.78, 5) is 11.7. The Labute approximate surface area is 135 Å². The highest BCUT2D eigenvalue weighted by Gasteiger charge is 2.40. The van der Waals surface area contributed by atoms with Crippen molar-refractivity contribution in [1.82, 2.24) is 0 Å². The Balaban J connectivity index is 2.19. The number of hydrogen-bond donors (Lipinski definition) is 1. The van der Waals surface area contributed by atoms with Gasteiger partial charge in [-0.25, -0.2) is 8.42 Å². The molecular weight excluding hydrogens is 314 g/mol. The lowest BCUT2D eigenvalue weighted by Crippen LogP contribution is -2.31. The molecule has 0 saturated heterocycles. The average Bonchev–Trinajstić information content (AvgIpc) is 2.88. The molecule has 0 aliphatic carbocycles. The molecule has 1 aliphatic heterocycles. The number of nitrogens with zero attached hydrogens (tertiary/aromatic N) is 1. The van der Waals surface area contributed by atoms with Gasteiger partial charge in [-0.05, 0) is 37.1 Å². The third kappa shape index (κ3) is 2.49. The summed E-state index contributed by atoms with van der Waals surface area (Å²) >= 11 is 0. The van der Waals surface area contributed by atoms with Crippen LogP contribution in [-0.2, 0) is 14.8 Å². The molecule has 1 atom stereocenters. The lowest BCUT2D eigenvalue weighted by atomic mass is 9.97. The first-order chi connectivity index (χ1) is 10.8. The van der Waals surface area contributed by atoms with E-state index in [1.165, 1.54) is 16.4 Å². The van der Waals surface area contributed by atoms with Crippen molar-refractivity contribution in [3.8, 4) is 0 Å². The largest absolute Gasteiger partial charge is 0.481 e. The number of sulfonamides is 1. The minimum Gasteiger partial charge on any atom is -0.481 e. The van der Waals surface area contributed by atoms with E-state index in [1.807, 2.05) is 19.9 Å². The Hall–Kier alpha value is -2.34. The highest BCUT2D eigenvalue weighted by molar-refractivity contribution is 7.92. The van der Waals surface area contributed by atoms with Crippen molar-refractivity contribution in [2.45, 2.75) is 24.7 Å². The van der Waals surface area contributed by atoms with Gasteiger partial charge in [0.2, 0.25) is 0 Å². The van der Waals surface area contributed by atoms with Crippen molar-refractivity contribution in [3.05, 3.63) is 59.2 Å². The monoisotopic (exact) mass is 331 g/mol. The van der Waals surface area contributed by atoms with Gasteiger partial charge in [-0.2, -0.15) is 0 Å². The van der Waals surface area contributed by atoms with E-state index < -0.39 is 21.9 Å². The van der Waals surface area contributed by atoms with Crippen molar-refractivity contribution in [2.24, 2.45) is 0 Å². The van der Waals surface area contributed by atoms with E-state index in [9.17, 15) is 18.3 Å². The van der Waals surface area contributed by atoms with E-state index in [2.05, 4.69) is 0 Å². The smallest absolute Gasteiger partial charge is 0.312 e. The highest BCUT2D eigenvalue weighted by Crippen LogP contribution is 2.42. The molecule has 0 bridgehead atoms. The fourth-order valence-electron chi connectivity index (χ4n) is 3.10. The minimum atomic E-state index is -3.78. The molecule has 5 nitrogen and oxygen atoms in total. The van der Waals surface area contributed by atoms with Gasteiger partial charge in [0.15, 0.2) is 0 Å². The van der Waals surface area contributed by atoms with Gasteiger partial charge in [-0.1, -0.05) is 35.9 Å². The van der Waals surface area contributed by atoms with Gasteiger partial charge in [-0.3, -0.25) is 9.10 Å². The lowest BCUT2D eigenvalue weighted by Gasteiger charge is -2.21. The van der Waals surface area contributed by atoms with Crippen LogP contribution in [0.3, 0.4) is 0 Å². The Bertz CT molecular complexity index is 875. The first-order valence-corrected chi connectivity index (χ1v) is 8.68. The summed E-state index contributed by atoms with van der Waals surface area (Å²) in [5.74, 6) is -1.86. The molecule has 0 amide bonds. The summed E-state index contributed by atoms with van der Waals surface area (Å²) in [6.45, 7) is 3.61. The fourth-order valence-corrected chi connectivity index (χ4v) is 4.69. The molecule has 1 N–H and O–H groups in total. The van der Waals surface area contributed by atoms with Gasteiger partial charge in [0.1, 0.15) is 5.92 Å². The second-order valence-corrected chi connectivity index (χ2v) is 7.62. The van der Waals surface area contributed by atoms with E-state index in [0.29, 0.717) is 11.3 Å². The Morgan fingerprint density at radius 2 is 1.83 bits per heavy atom. The maximum Gasteiger partial charge on any atom is 0.312 e. The number of benzene rings is 2. The van der Waals surface area contributed by atoms with Gasteiger partial charge in [0.25, 0.3) is 10.0 Å². The van der Waals surface area contributed by atoms with Crippen LogP contribution in [0.5, 0.6) is 0 Å². The number of aliphatic carboxylic acids is 1. The number of hydrogen-bond acceptors (Lipinski definition) is 3. The normalized spacial score (nSPS) is 17.1. The van der Waals surface area contributed by atoms with Gasteiger partial charge in [0, 0.05) is 0 Å². The van der Waals surface area contributed by atoms with Crippen LogP contribution in [0.4, 0.5) is 5.69 Å². The van der Waals surface area contributed by atoms with Crippen LogP contribution in [0, 0.1) is 13.8 Å². The van der Waals surface area contributed by atoms with Crippen LogP contribution in [0.1, 0.15) is 22.6 Å². The maximum atomic E-state index is 12.9. The van der Waals surface area contributed by atoms with E-state index in [0.717, 1.165) is 11.1 Å². The third-order valence-electron chi connectivity index (χ3n) is 4.08. The second kappa shape index (κ2) is 5.38. The second-order valence-electron chi connectivity index (χ2n) is 5.76. The topological polar surface area (TPSA) is 74.7 Å². The lowest BCUT2D eigenvalue weighted by molar-refractivity contribution is -0.138. The van der Waals surface area contributed by atoms with Crippen molar-refractivity contribution in [3.63, 3.8) is 0 Å². The summed E-state index contributed by atoms with van der Waals surface area (Å²) in [7, 11) is -3.78. The van der Waals surface area contributed by atoms with Gasteiger partial charge >= 0.3 is 5.97 Å². The molecule has 1 heterocycles. The zero-order valence-electron chi connectivity index (χ0n) is 12.9. The zero-order chi connectivity index (χ0) is 16.8. The molecule has 2 aromatic rings. The van der Waals surface area contributed by atoms with Gasteiger partial charge in [-0.15, -0.1) is 0 Å². The standard InChI is InChI=1S/C17H17NO4S/c1-11-8-12(2)16-14(9-11)15(17(19)20)10-18(16)23(21,22)13-6-4-3-5-7-13/h3-9,15H,10H2,1-2H3,(H,19,20). The summed E-state index contributed by atoms with van der Waals surface area (Å²) in [6, 6.07) is 11.7. The molecule has 3 rings (SSSR count). The van der Waals surface area contributed by atoms with Crippen LogP contribution in [0.15, 0.2) is 47.4 Å². The van der Waals surface area contributed by atoms with E-state index in [-0.39, 0.29) is 11.4 Å². The number of rotatable bonds is 3. The van der Waals surface area contributed by atoms with Gasteiger partial charge in [0.05, 0.1) is 17.1 Å². The van der Waals surface area contributed by atoms with Crippen LogP contribution in [0.2, 0.25) is 0 Å². The van der Waals surface area contributed by atoms with Crippen molar-refractivity contribution < 1.29 is 18.3 Å². The molecule has 0 radical (unpaired) electrons. The van der Waals surface area contributed by atoms with Crippen LogP contribution in [-0.4, -0.2) is 26.0 Å². The molecule has 1 aliphatic rings. The molecule has 2 aromatic carbocycles. The molecular formula is C17H17NO4S. The van der Waals surface area contributed by atoms with E-state index >= 15 is 0 Å². The fraction of sp³-hybridized carbons (Fsp3) is 0.235. The SMILES string of the molecule is Cc1cc(C)c2c(c1)C(C(=O)O)CN2S(=O)(=O)c1ccccc1. The Kier molecular flexibility index (Phi) is 3.64. The molecule has 1 unspecified atom stereocenters. The van der Waals surface area contributed by atoms with Crippen LogP contribution < -0.4 is 4.31 Å². The van der Waals surface area contributed by atoms with Crippen molar-refractivity contribution in [1.29, 1.82) is 0 Å². The number of aryl methyl sites for hydroxylation is 2. The first kappa shape index (κ1) is 15.6. The molecule has 0 fully saturated rings. The molecule has 23 heavy (non-hydrogen) atoms. The predicted octanol–water partition coefficient (Wildman–Crippen LogP) is 2.68. The zero-order valence-corrected chi connectivity index (χ0v) is 13.7. The first-order valence-electron chi connectivity index (χ1n) is 7.24. The Morgan fingerprint density at radius 1 is 1.17 bits per heavy atom. The summed E-state index contributed by atoms with van der Waals surface area (Å²) in [5.41, 5.74) is 2.75. The van der Waals surface area contributed by atoms with Crippen LogP contribution >= 0.6 is 0 Å². The number of carboxylic acids is 1. The minimum absolute atomic E-state index is 0.0772. The molecule has 6 heteroatoms. The average molecular weight is 331 g/mol. The molecule has 0 saturated carbocycles. The predicted molar refractivity (Wildman–Crippen MR) is 87.3 cm³/mol. The summed E-state index contributed by atoms with van der Waals surface area (Å²) in [5, 5.41) is 9.47. The maximum absolute atomic E-state index is 12.9. The summed E-state index contributed by atoms with van der Waals surface area (Å²) < 4.78 is 27.1. The van der Waals surface area contributed by atoms with Crippen LogP contribution in [0.25, 0.3) is 0 Å². The number of anilines is 1. The van der Waals surface area contributed by atoms with E-state index in [1.54, 1.807) is 24.3 Å². The van der Waals surface area contributed by atoms with Gasteiger partial charge < -0.3 is 5.11 Å². The highest BCUT2D eigenvalue weighted by atomic mass is 32.2. The molecule has 0 spiro atoms. The van der Waals surface area contributed by atoms with E-state index in [4.69, 9.17) is 0 Å². The van der Waals surface area contributed by atoms with Crippen molar-refractivity contribution in [2.75, 3.05) is 10.8 Å². The number of carbonyl (C=O) groups is 1. The number of fused-ring (bicyclic) bond motifs is 1.